The minimum absolute atomic E-state index is 0.0793. The van der Waals surface area contributed by atoms with Gasteiger partial charge in [0.15, 0.2) is 17.8 Å². The van der Waals surface area contributed by atoms with Crippen LogP contribution in [0.5, 0.6) is 0 Å². The number of hydrogen-bond donors (Lipinski definition) is 1. The Balaban J connectivity index is 2.19. The first-order valence-electron chi connectivity index (χ1n) is 11.5. The molecule has 0 aromatic rings. The third-order valence-corrected chi connectivity index (χ3v) is 6.70. The van der Waals surface area contributed by atoms with Gasteiger partial charge in [-0.3, -0.25) is 4.79 Å². The van der Waals surface area contributed by atoms with Crippen LogP contribution in [0.1, 0.15) is 40.5 Å². The molecular weight excluding hydrogens is 460 g/mol. The van der Waals surface area contributed by atoms with Gasteiger partial charge in [-0.05, 0) is 32.3 Å². The van der Waals surface area contributed by atoms with E-state index in [1.54, 1.807) is 20.8 Å². The third kappa shape index (κ3) is 5.04. The van der Waals surface area contributed by atoms with Crippen molar-refractivity contribution in [3.8, 4) is 0 Å². The van der Waals surface area contributed by atoms with Gasteiger partial charge >= 0.3 is 23.9 Å². The number of aliphatic hydroxyl groups is 1. The fourth-order valence-corrected chi connectivity index (χ4v) is 4.16. The zero-order valence-corrected chi connectivity index (χ0v) is 20.6. The predicted octanol–water partition coefficient (Wildman–Crippen LogP) is 1.55. The van der Waals surface area contributed by atoms with Crippen LogP contribution in [0, 0.1) is 11.8 Å². The molecule has 3 rings (SSSR count). The minimum Gasteiger partial charge on any atom is -0.466 e. The molecule has 0 spiro atoms. The standard InChI is InChI=1S/C25H32O10/c1-11(2)21(27)32-18-15(23(29)31-7)10-8-9-12(3)17(26)19-16(13(4)22(28)33-19)20(18)34-24(30)25(6)14(5)35-25/h10-11,14,16-20,26H,3-4,8-9H2,1-2,5-7H3/b15-10+/t14-,16-,17-,18-,19-,20-,25-/m0/s1. The fraction of sp³-hybridized carbons (Fsp3) is 0.600. The molecule has 2 fully saturated rings. The molecule has 1 N–H and O–H groups in total. The fourth-order valence-electron chi connectivity index (χ4n) is 4.16. The molecule has 0 aromatic heterocycles. The van der Waals surface area contributed by atoms with E-state index in [0.717, 1.165) is 7.11 Å². The summed E-state index contributed by atoms with van der Waals surface area (Å²) in [7, 11) is 1.16. The summed E-state index contributed by atoms with van der Waals surface area (Å²) >= 11 is 0. The molecule has 2 heterocycles. The smallest absolute Gasteiger partial charge is 0.341 e. The Labute approximate surface area is 203 Å². The second-order valence-corrected chi connectivity index (χ2v) is 9.46. The van der Waals surface area contributed by atoms with Crippen molar-refractivity contribution >= 4 is 23.9 Å². The highest BCUT2D eigenvalue weighted by Crippen LogP contribution is 2.42. The number of allylic oxidation sites excluding steroid dienone is 1. The Kier molecular flexibility index (Phi) is 7.56. The van der Waals surface area contributed by atoms with Crippen molar-refractivity contribution in [2.45, 2.75) is 76.7 Å². The molecule has 35 heavy (non-hydrogen) atoms. The second kappa shape index (κ2) is 9.94. The lowest BCUT2D eigenvalue weighted by atomic mass is 9.80. The Morgan fingerprint density at radius 3 is 2.40 bits per heavy atom. The van der Waals surface area contributed by atoms with Crippen molar-refractivity contribution in [2.24, 2.45) is 11.8 Å². The van der Waals surface area contributed by atoms with Gasteiger partial charge in [-0.15, -0.1) is 0 Å². The number of epoxide rings is 1. The summed E-state index contributed by atoms with van der Waals surface area (Å²) in [6.45, 7) is 14.1. The van der Waals surface area contributed by atoms with Gasteiger partial charge in [0.1, 0.15) is 12.2 Å². The van der Waals surface area contributed by atoms with Crippen molar-refractivity contribution in [3.05, 3.63) is 36.0 Å². The normalized spacial score (nSPS) is 36.4. The highest BCUT2D eigenvalue weighted by Gasteiger charge is 2.60. The zero-order valence-electron chi connectivity index (χ0n) is 20.6. The van der Waals surface area contributed by atoms with E-state index in [9.17, 15) is 24.3 Å². The van der Waals surface area contributed by atoms with Crippen LogP contribution in [-0.2, 0) is 42.9 Å². The van der Waals surface area contributed by atoms with Crippen molar-refractivity contribution in [2.75, 3.05) is 7.11 Å². The van der Waals surface area contributed by atoms with Crippen LogP contribution in [0.2, 0.25) is 0 Å². The Morgan fingerprint density at radius 1 is 1.23 bits per heavy atom. The monoisotopic (exact) mass is 492 g/mol. The Bertz CT molecular complexity index is 979. The van der Waals surface area contributed by atoms with Crippen LogP contribution in [0.4, 0.5) is 0 Å². The molecule has 1 aliphatic carbocycles. The van der Waals surface area contributed by atoms with Crippen molar-refractivity contribution in [3.63, 3.8) is 0 Å². The summed E-state index contributed by atoms with van der Waals surface area (Å²) in [5, 5.41) is 10.9. The van der Waals surface area contributed by atoms with Crippen molar-refractivity contribution in [1.82, 2.24) is 0 Å². The summed E-state index contributed by atoms with van der Waals surface area (Å²) in [5.74, 6) is -4.84. The van der Waals surface area contributed by atoms with Gasteiger partial charge in [-0.1, -0.05) is 33.1 Å². The highest BCUT2D eigenvalue weighted by molar-refractivity contribution is 5.93. The largest absolute Gasteiger partial charge is 0.466 e. The molecule has 0 bridgehead atoms. The maximum absolute atomic E-state index is 13.1. The predicted molar refractivity (Wildman–Crippen MR) is 121 cm³/mol. The van der Waals surface area contributed by atoms with Crippen molar-refractivity contribution < 1.29 is 48.0 Å². The molecule has 0 radical (unpaired) electrons. The number of hydrogen-bond acceptors (Lipinski definition) is 10. The molecule has 10 heteroatoms. The maximum Gasteiger partial charge on any atom is 0.341 e. The zero-order chi connectivity index (χ0) is 26.2. The lowest BCUT2D eigenvalue weighted by Crippen LogP contribution is -2.50. The van der Waals surface area contributed by atoms with E-state index in [-0.39, 0.29) is 24.0 Å². The van der Waals surface area contributed by atoms with Gasteiger partial charge in [-0.2, -0.15) is 0 Å². The quantitative estimate of drug-likeness (QED) is 0.198. The molecular formula is C25H32O10. The van der Waals surface area contributed by atoms with Crippen LogP contribution >= 0.6 is 0 Å². The molecule has 0 saturated carbocycles. The topological polar surface area (TPSA) is 138 Å². The highest BCUT2D eigenvalue weighted by atomic mass is 16.7. The molecule has 192 valence electrons. The van der Waals surface area contributed by atoms with E-state index < -0.39 is 71.8 Å². The number of esters is 4. The second-order valence-electron chi connectivity index (χ2n) is 9.46. The summed E-state index contributed by atoms with van der Waals surface area (Å²) in [6, 6.07) is 0. The summed E-state index contributed by atoms with van der Waals surface area (Å²) in [6.07, 6.45) is -3.97. The van der Waals surface area contributed by atoms with E-state index in [4.69, 9.17) is 23.7 Å². The maximum atomic E-state index is 13.1. The first-order valence-corrected chi connectivity index (χ1v) is 11.5. The van der Waals surface area contributed by atoms with E-state index in [1.165, 1.54) is 13.0 Å². The number of carbonyl (C=O) groups is 4. The average Bonchev–Trinajstić information content (AvgIpc) is 3.33. The van der Waals surface area contributed by atoms with Crippen LogP contribution in [-0.4, -0.2) is 72.2 Å². The van der Waals surface area contributed by atoms with Gasteiger partial charge in [0.2, 0.25) is 0 Å². The first-order chi connectivity index (χ1) is 16.3. The van der Waals surface area contributed by atoms with Crippen LogP contribution < -0.4 is 0 Å². The molecule has 3 aliphatic rings. The van der Waals surface area contributed by atoms with Gasteiger partial charge < -0.3 is 28.8 Å². The Morgan fingerprint density at radius 2 is 1.86 bits per heavy atom. The minimum atomic E-state index is -1.48. The average molecular weight is 493 g/mol. The van der Waals surface area contributed by atoms with E-state index in [0.29, 0.717) is 5.57 Å². The molecule has 2 saturated heterocycles. The van der Waals surface area contributed by atoms with E-state index in [1.807, 2.05) is 0 Å². The number of methoxy groups -OCH3 is 1. The molecule has 0 amide bonds. The number of carbonyl (C=O) groups excluding carboxylic acids is 4. The number of rotatable bonds is 5. The third-order valence-electron chi connectivity index (χ3n) is 6.70. The van der Waals surface area contributed by atoms with Crippen LogP contribution in [0.3, 0.4) is 0 Å². The van der Waals surface area contributed by atoms with Gasteiger partial charge in [0, 0.05) is 5.57 Å². The van der Waals surface area contributed by atoms with Gasteiger partial charge in [0.25, 0.3) is 0 Å². The molecule has 7 atom stereocenters. The number of fused-ring (bicyclic) bond motifs is 1. The summed E-state index contributed by atoms with van der Waals surface area (Å²) < 4.78 is 27.3. The first kappa shape index (κ1) is 26.6. The molecule has 2 aliphatic heterocycles. The number of ether oxygens (including phenoxy) is 5. The summed E-state index contributed by atoms with van der Waals surface area (Å²) in [4.78, 5) is 51.2. The number of aliphatic hydroxyl groups excluding tert-OH is 1. The SMILES string of the molecule is C=C1C(=O)O[C@H]2[C@H]1[C@H](OC(=O)[C@@]1(C)O[C@H]1C)[C@@H](OC(=O)C(C)C)/C(C(=O)OC)=C\CCC(=C)[C@@H]2O. The molecule has 10 nitrogen and oxygen atoms in total. The lowest BCUT2D eigenvalue weighted by molar-refractivity contribution is -0.178. The van der Waals surface area contributed by atoms with Crippen LogP contribution in [0.15, 0.2) is 36.0 Å². The lowest BCUT2D eigenvalue weighted by Gasteiger charge is -2.36. The van der Waals surface area contributed by atoms with Gasteiger partial charge in [0.05, 0.1) is 30.6 Å². The van der Waals surface area contributed by atoms with E-state index >= 15 is 0 Å². The molecule has 0 aromatic carbocycles. The van der Waals surface area contributed by atoms with Crippen LogP contribution in [0.25, 0.3) is 0 Å². The summed E-state index contributed by atoms with van der Waals surface area (Å²) in [5.41, 5.74) is -1.11. The van der Waals surface area contributed by atoms with Gasteiger partial charge in [-0.25, -0.2) is 14.4 Å². The molecule has 0 unspecified atom stereocenters. The van der Waals surface area contributed by atoms with E-state index in [2.05, 4.69) is 13.2 Å². The van der Waals surface area contributed by atoms with Crippen molar-refractivity contribution in [1.29, 1.82) is 0 Å². The Hall–Kier alpha value is -2.98.